The van der Waals surface area contributed by atoms with Crippen molar-refractivity contribution in [3.05, 3.63) is 0 Å². The Morgan fingerprint density at radius 2 is 0.667 bits per heavy atom. The summed E-state index contributed by atoms with van der Waals surface area (Å²) in [5.74, 6) is 6.64. The van der Waals surface area contributed by atoms with E-state index in [1.165, 1.54) is 96.3 Å². The van der Waals surface area contributed by atoms with Crippen molar-refractivity contribution in [1.29, 1.82) is 0 Å². The molecule has 0 heteroatoms. The maximum Gasteiger partial charge on any atom is 0.00886 e. The fraction of sp³-hybridized carbons (Fsp3) is 0.905. The molecule has 0 aromatic heterocycles. The van der Waals surface area contributed by atoms with Crippen molar-refractivity contribution in [3.63, 3.8) is 0 Å². The predicted molar refractivity (Wildman–Crippen MR) is 97.6 cm³/mol. The largest absolute Gasteiger partial charge is 0.103 e. The topological polar surface area (TPSA) is 0 Å². The molecule has 0 atom stereocenters. The molecule has 0 aromatic carbocycles. The van der Waals surface area contributed by atoms with Crippen LogP contribution in [0.3, 0.4) is 0 Å². The van der Waals surface area contributed by atoms with E-state index >= 15 is 0 Å². The second kappa shape index (κ2) is 19.6. The first kappa shape index (κ1) is 20.6. The van der Waals surface area contributed by atoms with Gasteiger partial charge in [0.05, 0.1) is 0 Å². The maximum absolute atomic E-state index is 3.33. The normalized spacial score (nSPS) is 10.4. The number of unbranched alkanes of at least 4 members (excludes halogenated alkanes) is 15. The molecular formula is C21H40. The van der Waals surface area contributed by atoms with Crippen molar-refractivity contribution in [2.24, 2.45) is 0 Å². The first-order valence-corrected chi connectivity index (χ1v) is 9.87. The van der Waals surface area contributed by atoms with Gasteiger partial charge in [-0.15, -0.1) is 11.8 Å². The van der Waals surface area contributed by atoms with Crippen LogP contribution in [0.4, 0.5) is 0 Å². The molecule has 0 N–H and O–H groups in total. The Morgan fingerprint density at radius 1 is 0.381 bits per heavy atom. The molecule has 0 nitrogen and oxygen atoms in total. The summed E-state index contributed by atoms with van der Waals surface area (Å²) in [6.07, 6.45) is 23.3. The zero-order chi connectivity index (χ0) is 15.4. The molecule has 0 saturated carbocycles. The zero-order valence-electron chi connectivity index (χ0n) is 15.0. The van der Waals surface area contributed by atoms with Gasteiger partial charge < -0.3 is 0 Å². The highest BCUT2D eigenvalue weighted by Crippen LogP contribution is 2.12. The van der Waals surface area contributed by atoms with E-state index in [0.717, 1.165) is 12.8 Å². The molecule has 0 rings (SSSR count). The highest BCUT2D eigenvalue weighted by Gasteiger charge is 1.92. The molecule has 0 aromatic rings. The van der Waals surface area contributed by atoms with Crippen LogP contribution in [-0.2, 0) is 0 Å². The Hall–Kier alpha value is -0.440. The molecule has 0 heterocycles. The number of rotatable bonds is 15. The Morgan fingerprint density at radius 3 is 1.10 bits per heavy atom. The quantitative estimate of drug-likeness (QED) is 0.215. The van der Waals surface area contributed by atoms with E-state index in [1.54, 1.807) is 0 Å². The summed E-state index contributed by atoms with van der Waals surface area (Å²) in [5.41, 5.74) is 0. The summed E-state index contributed by atoms with van der Waals surface area (Å²) >= 11 is 0. The third kappa shape index (κ3) is 19.6. The second-order valence-electron chi connectivity index (χ2n) is 6.45. The lowest BCUT2D eigenvalue weighted by molar-refractivity contribution is 0.545. The molecule has 124 valence electrons. The monoisotopic (exact) mass is 292 g/mol. The molecule has 0 radical (unpaired) electrons. The number of hydrogen-bond acceptors (Lipinski definition) is 0. The number of hydrogen-bond donors (Lipinski definition) is 0. The first-order valence-electron chi connectivity index (χ1n) is 9.87. The summed E-state index contributed by atoms with van der Waals surface area (Å²) in [6.45, 7) is 4.54. The highest BCUT2D eigenvalue weighted by molar-refractivity contribution is 4.98. The predicted octanol–water partition coefficient (Wildman–Crippen LogP) is 7.66. The van der Waals surface area contributed by atoms with Crippen LogP contribution < -0.4 is 0 Å². The zero-order valence-corrected chi connectivity index (χ0v) is 15.0. The third-order valence-corrected chi connectivity index (χ3v) is 4.19. The lowest BCUT2D eigenvalue weighted by Crippen LogP contribution is -1.82. The fourth-order valence-corrected chi connectivity index (χ4v) is 2.69. The second-order valence-corrected chi connectivity index (χ2v) is 6.45. The SMILES string of the molecule is CCCCCC#CCCCCCCCCCCCCCC. The van der Waals surface area contributed by atoms with E-state index in [1.807, 2.05) is 0 Å². The molecule has 0 aliphatic heterocycles. The molecule has 0 saturated heterocycles. The summed E-state index contributed by atoms with van der Waals surface area (Å²) in [4.78, 5) is 0. The van der Waals surface area contributed by atoms with Crippen molar-refractivity contribution in [3.8, 4) is 11.8 Å². The van der Waals surface area contributed by atoms with E-state index in [-0.39, 0.29) is 0 Å². The summed E-state index contributed by atoms with van der Waals surface area (Å²) < 4.78 is 0. The van der Waals surface area contributed by atoms with E-state index in [9.17, 15) is 0 Å². The van der Waals surface area contributed by atoms with Gasteiger partial charge in [-0.1, -0.05) is 97.3 Å². The van der Waals surface area contributed by atoms with Gasteiger partial charge in [0.15, 0.2) is 0 Å². The first-order chi connectivity index (χ1) is 10.4. The van der Waals surface area contributed by atoms with Crippen LogP contribution in [0.5, 0.6) is 0 Å². The maximum atomic E-state index is 3.33. The Labute approximate surface area is 135 Å². The molecule has 0 amide bonds. The summed E-state index contributed by atoms with van der Waals surface area (Å²) in [5, 5.41) is 0. The Bertz CT molecular complexity index is 230. The Kier molecular flexibility index (Phi) is 19.2. The van der Waals surface area contributed by atoms with Crippen LogP contribution in [0, 0.1) is 11.8 Å². The average molecular weight is 293 g/mol. The van der Waals surface area contributed by atoms with Gasteiger partial charge >= 0.3 is 0 Å². The minimum atomic E-state index is 1.12. The van der Waals surface area contributed by atoms with Gasteiger partial charge in [0, 0.05) is 12.8 Å². The van der Waals surface area contributed by atoms with Gasteiger partial charge in [0.2, 0.25) is 0 Å². The standard InChI is InChI=1S/C21H40/c1-3-5-7-9-11-13-15-17-19-21-20-18-16-14-12-10-8-6-4-2/h3-11,13,15-21H2,1-2H3. The average Bonchev–Trinajstić information content (AvgIpc) is 2.50. The molecule has 0 bridgehead atoms. The van der Waals surface area contributed by atoms with Gasteiger partial charge in [-0.2, -0.15) is 0 Å². The smallest absolute Gasteiger partial charge is 0.00886 e. The van der Waals surface area contributed by atoms with Gasteiger partial charge in [0.1, 0.15) is 0 Å². The van der Waals surface area contributed by atoms with Crippen LogP contribution in [0.15, 0.2) is 0 Å². The molecule has 0 aliphatic rings. The van der Waals surface area contributed by atoms with E-state index < -0.39 is 0 Å². The lowest BCUT2D eigenvalue weighted by Gasteiger charge is -2.01. The Balaban J connectivity index is 3.02. The fourth-order valence-electron chi connectivity index (χ4n) is 2.69. The molecular weight excluding hydrogens is 252 g/mol. The van der Waals surface area contributed by atoms with Crippen molar-refractivity contribution in [2.75, 3.05) is 0 Å². The summed E-state index contributed by atoms with van der Waals surface area (Å²) in [7, 11) is 0. The summed E-state index contributed by atoms with van der Waals surface area (Å²) in [6, 6.07) is 0. The van der Waals surface area contributed by atoms with Gasteiger partial charge in [-0.25, -0.2) is 0 Å². The minimum absolute atomic E-state index is 1.12. The van der Waals surface area contributed by atoms with Crippen molar-refractivity contribution >= 4 is 0 Å². The van der Waals surface area contributed by atoms with Crippen LogP contribution >= 0.6 is 0 Å². The van der Waals surface area contributed by atoms with Crippen molar-refractivity contribution in [2.45, 2.75) is 123 Å². The van der Waals surface area contributed by atoms with Crippen molar-refractivity contribution < 1.29 is 0 Å². The van der Waals surface area contributed by atoms with Crippen LogP contribution in [0.2, 0.25) is 0 Å². The van der Waals surface area contributed by atoms with Gasteiger partial charge in [-0.05, 0) is 12.8 Å². The molecule has 0 spiro atoms. The minimum Gasteiger partial charge on any atom is -0.103 e. The van der Waals surface area contributed by atoms with Crippen molar-refractivity contribution in [1.82, 2.24) is 0 Å². The molecule has 0 aliphatic carbocycles. The van der Waals surface area contributed by atoms with Gasteiger partial charge in [-0.3, -0.25) is 0 Å². The van der Waals surface area contributed by atoms with E-state index in [0.29, 0.717) is 0 Å². The van der Waals surface area contributed by atoms with Crippen LogP contribution in [0.25, 0.3) is 0 Å². The van der Waals surface area contributed by atoms with Gasteiger partial charge in [0.25, 0.3) is 0 Å². The lowest BCUT2D eigenvalue weighted by atomic mass is 10.0. The molecule has 0 fully saturated rings. The van der Waals surface area contributed by atoms with E-state index in [2.05, 4.69) is 25.7 Å². The molecule has 21 heavy (non-hydrogen) atoms. The molecule has 0 unspecified atom stereocenters. The van der Waals surface area contributed by atoms with E-state index in [4.69, 9.17) is 0 Å². The highest BCUT2D eigenvalue weighted by atomic mass is 14.0. The van der Waals surface area contributed by atoms with Crippen LogP contribution in [0.1, 0.15) is 123 Å². The third-order valence-electron chi connectivity index (χ3n) is 4.19. The van der Waals surface area contributed by atoms with Crippen LogP contribution in [-0.4, -0.2) is 0 Å².